The predicted octanol–water partition coefficient (Wildman–Crippen LogP) is 4.05. The van der Waals surface area contributed by atoms with E-state index >= 15 is 0 Å². The second-order valence-electron chi connectivity index (χ2n) is 4.78. The summed E-state index contributed by atoms with van der Waals surface area (Å²) in [5.74, 6) is 0.0225. The van der Waals surface area contributed by atoms with Crippen molar-refractivity contribution in [3.8, 4) is 0 Å². The molecule has 3 nitrogen and oxygen atoms in total. The van der Waals surface area contributed by atoms with E-state index < -0.39 is 0 Å². The Morgan fingerprint density at radius 1 is 1.10 bits per heavy atom. The van der Waals surface area contributed by atoms with Crippen LogP contribution in [0, 0.1) is 0 Å². The summed E-state index contributed by atoms with van der Waals surface area (Å²) in [5.41, 5.74) is 8.00. The van der Waals surface area contributed by atoms with Gasteiger partial charge < -0.3 is 10.6 Å². The average Bonchev–Trinajstić information content (AvgIpc) is 2.53. The molecule has 0 aliphatic heterocycles. The maximum atomic E-state index is 12.7. The molecule has 0 bridgehead atoms. The fourth-order valence-electron chi connectivity index (χ4n) is 2.12. The summed E-state index contributed by atoms with van der Waals surface area (Å²) < 4.78 is 0. The highest BCUT2D eigenvalue weighted by Gasteiger charge is 2.16. The molecule has 0 spiro atoms. The molecule has 0 unspecified atom stereocenters. The molecule has 2 rings (SSSR count). The van der Waals surface area contributed by atoms with Gasteiger partial charge in [-0.1, -0.05) is 6.92 Å². The monoisotopic (exact) mass is 300 g/mol. The zero-order valence-corrected chi connectivity index (χ0v) is 13.2. The van der Waals surface area contributed by atoms with Crippen LogP contribution < -0.4 is 10.6 Å². The summed E-state index contributed by atoms with van der Waals surface area (Å²) in [5, 5.41) is 0. The first-order valence-electron chi connectivity index (χ1n) is 6.97. The minimum absolute atomic E-state index is 0.0225. The van der Waals surface area contributed by atoms with Crippen LogP contribution in [0.25, 0.3) is 0 Å². The van der Waals surface area contributed by atoms with Crippen LogP contribution >= 0.6 is 11.8 Å². The lowest BCUT2D eigenvalue weighted by atomic mass is 10.1. The zero-order chi connectivity index (χ0) is 15.2. The van der Waals surface area contributed by atoms with Gasteiger partial charge in [0, 0.05) is 28.4 Å². The number of benzene rings is 2. The predicted molar refractivity (Wildman–Crippen MR) is 91.0 cm³/mol. The molecule has 2 N–H and O–H groups in total. The second-order valence-corrected chi connectivity index (χ2v) is 5.66. The van der Waals surface area contributed by atoms with Gasteiger partial charge in [0.05, 0.1) is 0 Å². The van der Waals surface area contributed by atoms with Gasteiger partial charge >= 0.3 is 0 Å². The molecule has 2 aromatic rings. The number of carbonyl (C=O) groups excluding carboxylic acids is 1. The molecule has 0 aromatic heterocycles. The van der Waals surface area contributed by atoms with Gasteiger partial charge in [0.2, 0.25) is 0 Å². The first kappa shape index (κ1) is 15.4. The highest BCUT2D eigenvalue weighted by atomic mass is 32.2. The molecule has 1 amide bonds. The fourth-order valence-corrected chi connectivity index (χ4v) is 2.52. The third-order valence-electron chi connectivity index (χ3n) is 3.23. The van der Waals surface area contributed by atoms with E-state index in [0.717, 1.165) is 17.0 Å². The fraction of sp³-hybridized carbons (Fsp3) is 0.235. The van der Waals surface area contributed by atoms with Gasteiger partial charge in [-0.25, -0.2) is 0 Å². The Labute approximate surface area is 130 Å². The van der Waals surface area contributed by atoms with Crippen molar-refractivity contribution >= 4 is 29.0 Å². The van der Waals surface area contributed by atoms with Crippen molar-refractivity contribution in [2.75, 3.05) is 23.4 Å². The van der Waals surface area contributed by atoms with E-state index in [9.17, 15) is 4.79 Å². The summed E-state index contributed by atoms with van der Waals surface area (Å²) >= 11 is 1.67. The van der Waals surface area contributed by atoms with Crippen LogP contribution in [0.3, 0.4) is 0 Å². The molecule has 0 saturated carbocycles. The van der Waals surface area contributed by atoms with E-state index in [1.807, 2.05) is 54.8 Å². The Bertz CT molecular complexity index is 593. The van der Waals surface area contributed by atoms with E-state index in [2.05, 4.69) is 6.92 Å². The Balaban J connectivity index is 2.27. The Kier molecular flexibility index (Phi) is 5.28. The van der Waals surface area contributed by atoms with Crippen molar-refractivity contribution in [2.45, 2.75) is 18.2 Å². The Morgan fingerprint density at radius 2 is 1.71 bits per heavy atom. The number of carbonyl (C=O) groups is 1. The van der Waals surface area contributed by atoms with Gasteiger partial charge in [-0.3, -0.25) is 4.79 Å². The third-order valence-corrected chi connectivity index (χ3v) is 3.98. The first-order valence-corrected chi connectivity index (χ1v) is 8.19. The summed E-state index contributed by atoms with van der Waals surface area (Å²) in [6.07, 6.45) is 2.92. The van der Waals surface area contributed by atoms with Crippen molar-refractivity contribution < 1.29 is 4.79 Å². The number of amides is 1. The van der Waals surface area contributed by atoms with E-state index in [1.165, 1.54) is 0 Å². The molecule has 2 aromatic carbocycles. The van der Waals surface area contributed by atoms with E-state index in [4.69, 9.17) is 5.73 Å². The topological polar surface area (TPSA) is 46.3 Å². The molecule has 0 radical (unpaired) electrons. The smallest absolute Gasteiger partial charge is 0.258 e. The zero-order valence-electron chi connectivity index (χ0n) is 12.4. The van der Waals surface area contributed by atoms with Gasteiger partial charge in [0.1, 0.15) is 0 Å². The molecule has 110 valence electrons. The number of anilines is 2. The van der Waals surface area contributed by atoms with Crippen molar-refractivity contribution in [3.63, 3.8) is 0 Å². The molecule has 0 aliphatic rings. The summed E-state index contributed by atoms with van der Waals surface area (Å²) in [4.78, 5) is 15.7. The van der Waals surface area contributed by atoms with Gasteiger partial charge in [-0.2, -0.15) is 0 Å². The molecule has 0 aliphatic carbocycles. The lowest BCUT2D eigenvalue weighted by Gasteiger charge is -2.22. The number of thioether (sulfide) groups is 1. The molecule has 0 saturated heterocycles. The van der Waals surface area contributed by atoms with Crippen LogP contribution in [0.4, 0.5) is 11.4 Å². The van der Waals surface area contributed by atoms with Crippen LogP contribution in [0.1, 0.15) is 23.7 Å². The molecular weight excluding hydrogens is 280 g/mol. The number of nitrogens with zero attached hydrogens (tertiary/aromatic N) is 1. The quantitative estimate of drug-likeness (QED) is 0.669. The first-order chi connectivity index (χ1) is 10.2. The van der Waals surface area contributed by atoms with Crippen LogP contribution in [0.5, 0.6) is 0 Å². The molecule has 4 heteroatoms. The minimum Gasteiger partial charge on any atom is -0.399 e. The molecular formula is C17H20N2OS. The van der Waals surface area contributed by atoms with Gasteiger partial charge in [-0.05, 0) is 61.2 Å². The second kappa shape index (κ2) is 7.18. The minimum atomic E-state index is 0.0225. The number of nitrogens with two attached hydrogens (primary N) is 1. The van der Waals surface area contributed by atoms with Gasteiger partial charge in [0.15, 0.2) is 0 Å². The summed E-state index contributed by atoms with van der Waals surface area (Å²) in [6, 6.07) is 15.1. The highest BCUT2D eigenvalue weighted by Crippen LogP contribution is 2.21. The van der Waals surface area contributed by atoms with Gasteiger partial charge in [-0.15, -0.1) is 11.8 Å². The molecule has 21 heavy (non-hydrogen) atoms. The number of hydrogen-bond donors (Lipinski definition) is 1. The number of rotatable bonds is 5. The maximum absolute atomic E-state index is 12.7. The van der Waals surface area contributed by atoms with Crippen molar-refractivity contribution in [2.24, 2.45) is 0 Å². The van der Waals surface area contributed by atoms with E-state index in [-0.39, 0.29) is 5.91 Å². The average molecular weight is 300 g/mol. The lowest BCUT2D eigenvalue weighted by molar-refractivity contribution is 0.0987. The largest absolute Gasteiger partial charge is 0.399 e. The number of hydrogen-bond acceptors (Lipinski definition) is 3. The molecule has 0 heterocycles. The van der Waals surface area contributed by atoms with Crippen LogP contribution in [-0.2, 0) is 0 Å². The molecule has 0 atom stereocenters. The Morgan fingerprint density at radius 3 is 2.24 bits per heavy atom. The van der Waals surface area contributed by atoms with Crippen molar-refractivity contribution in [1.82, 2.24) is 0 Å². The van der Waals surface area contributed by atoms with Crippen LogP contribution in [0.15, 0.2) is 53.4 Å². The van der Waals surface area contributed by atoms with Crippen molar-refractivity contribution in [1.29, 1.82) is 0 Å². The summed E-state index contributed by atoms with van der Waals surface area (Å²) in [7, 11) is 0. The number of nitrogen functional groups attached to an aromatic ring is 1. The lowest BCUT2D eigenvalue weighted by Crippen LogP contribution is -2.31. The SMILES string of the molecule is CCCN(C(=O)c1ccc(SC)cc1)c1ccc(N)cc1. The highest BCUT2D eigenvalue weighted by molar-refractivity contribution is 7.98. The third kappa shape index (κ3) is 3.79. The molecule has 0 fully saturated rings. The standard InChI is InChI=1S/C17H20N2OS/c1-3-12-19(15-8-6-14(18)7-9-15)17(20)13-4-10-16(21-2)11-5-13/h4-11H,3,12,18H2,1-2H3. The van der Waals surface area contributed by atoms with E-state index in [1.54, 1.807) is 16.7 Å². The summed E-state index contributed by atoms with van der Waals surface area (Å²) in [6.45, 7) is 2.75. The van der Waals surface area contributed by atoms with Crippen molar-refractivity contribution in [3.05, 3.63) is 54.1 Å². The van der Waals surface area contributed by atoms with Gasteiger partial charge in [0.25, 0.3) is 5.91 Å². The maximum Gasteiger partial charge on any atom is 0.258 e. The van der Waals surface area contributed by atoms with Crippen LogP contribution in [0.2, 0.25) is 0 Å². The van der Waals surface area contributed by atoms with E-state index in [0.29, 0.717) is 17.8 Å². The normalized spacial score (nSPS) is 10.4. The Hall–Kier alpha value is -1.94. The van der Waals surface area contributed by atoms with Crippen LogP contribution in [-0.4, -0.2) is 18.7 Å².